The van der Waals surface area contributed by atoms with E-state index in [0.29, 0.717) is 33.7 Å². The Balaban J connectivity index is 1.27. The Kier molecular flexibility index (Phi) is 9.83. The molecule has 0 bridgehead atoms. The molecule has 3 aromatic carbocycles. The molecule has 4 aromatic rings. The fourth-order valence-electron chi connectivity index (χ4n) is 5.15. The van der Waals surface area contributed by atoms with E-state index in [2.05, 4.69) is 48.0 Å². The van der Waals surface area contributed by atoms with Crippen LogP contribution in [0.15, 0.2) is 77.1 Å². The molecule has 0 N–H and O–H groups in total. The molecule has 0 atom stereocenters. The lowest BCUT2D eigenvalue weighted by molar-refractivity contribution is 0.0391. The van der Waals surface area contributed by atoms with Gasteiger partial charge in [-0.05, 0) is 62.4 Å². The molecule has 2 heterocycles. The highest BCUT2D eigenvalue weighted by molar-refractivity contribution is 8.00. The van der Waals surface area contributed by atoms with Crippen LogP contribution in [-0.4, -0.2) is 43.3 Å². The third-order valence-corrected chi connectivity index (χ3v) is 9.88. The summed E-state index contributed by atoms with van der Waals surface area (Å²) in [5.41, 5.74) is 2.13. The van der Waals surface area contributed by atoms with Gasteiger partial charge in [-0.2, -0.15) is 0 Å². The minimum Gasteiger partial charge on any atom is -0.497 e. The van der Waals surface area contributed by atoms with Crippen molar-refractivity contribution in [2.45, 2.75) is 49.8 Å². The molecule has 1 aliphatic heterocycles. The highest BCUT2D eigenvalue weighted by Crippen LogP contribution is 2.40. The number of hydrogen-bond donors (Lipinski definition) is 0. The summed E-state index contributed by atoms with van der Waals surface area (Å²) >= 11 is 9.38. The first kappa shape index (κ1) is 30.5. The van der Waals surface area contributed by atoms with Gasteiger partial charge in [0, 0.05) is 47.9 Å². The van der Waals surface area contributed by atoms with E-state index < -0.39 is 5.82 Å². The van der Waals surface area contributed by atoms with Crippen molar-refractivity contribution in [1.82, 2.24) is 9.88 Å². The number of halogens is 2. The standard InChI is InChI=1S/C32H35ClFN3O3S2/c1-32(2,23-8-6-5-7-9-23)36-15-12-24(13-16-36)40-29-20-27(34)30(19-26(29)33)42-37(31-35-14-17-41-31)21-22-10-11-25(38-3)18-28(22)39-4/h5-11,14,17-20,24H,12-13,15-16,21H2,1-4H3. The van der Waals surface area contributed by atoms with Crippen molar-refractivity contribution in [3.8, 4) is 17.2 Å². The fraction of sp³-hybridized carbons (Fsp3) is 0.344. The van der Waals surface area contributed by atoms with Gasteiger partial charge in [0.25, 0.3) is 0 Å². The Bertz CT molecular complexity index is 1470. The van der Waals surface area contributed by atoms with Crippen LogP contribution in [0, 0.1) is 5.82 Å². The Hall–Kier alpha value is -2.98. The number of benzene rings is 3. The second-order valence-electron chi connectivity index (χ2n) is 10.6. The second-order valence-corrected chi connectivity index (χ2v) is 12.9. The van der Waals surface area contributed by atoms with E-state index in [1.807, 2.05) is 34.0 Å². The van der Waals surface area contributed by atoms with E-state index in [1.165, 1.54) is 34.9 Å². The maximum Gasteiger partial charge on any atom is 0.195 e. The number of methoxy groups -OCH3 is 2. The van der Waals surface area contributed by atoms with Crippen molar-refractivity contribution in [2.75, 3.05) is 31.6 Å². The van der Waals surface area contributed by atoms with Crippen LogP contribution in [0.25, 0.3) is 0 Å². The quantitative estimate of drug-likeness (QED) is 0.155. The predicted molar refractivity (Wildman–Crippen MR) is 170 cm³/mol. The molecule has 42 heavy (non-hydrogen) atoms. The number of piperidine rings is 1. The zero-order chi connectivity index (χ0) is 29.7. The maximum atomic E-state index is 15.5. The van der Waals surface area contributed by atoms with E-state index in [-0.39, 0.29) is 11.6 Å². The van der Waals surface area contributed by atoms with Gasteiger partial charge in [0.1, 0.15) is 29.2 Å². The van der Waals surface area contributed by atoms with E-state index in [0.717, 1.165) is 36.6 Å². The summed E-state index contributed by atoms with van der Waals surface area (Å²) in [6, 6.07) is 19.2. The first-order valence-corrected chi connectivity index (χ1v) is 15.8. The molecule has 1 aromatic heterocycles. The van der Waals surface area contributed by atoms with Gasteiger partial charge in [-0.15, -0.1) is 11.3 Å². The molecule has 0 unspecified atom stereocenters. The van der Waals surface area contributed by atoms with Gasteiger partial charge in [0.05, 0.1) is 30.7 Å². The van der Waals surface area contributed by atoms with Crippen LogP contribution in [0.5, 0.6) is 17.2 Å². The van der Waals surface area contributed by atoms with Crippen molar-refractivity contribution in [2.24, 2.45) is 0 Å². The summed E-state index contributed by atoms with van der Waals surface area (Å²) in [4.78, 5) is 7.33. The Morgan fingerprint density at radius 1 is 1.05 bits per heavy atom. The van der Waals surface area contributed by atoms with Gasteiger partial charge in [-0.1, -0.05) is 41.9 Å². The van der Waals surface area contributed by atoms with Crippen molar-refractivity contribution in [1.29, 1.82) is 0 Å². The van der Waals surface area contributed by atoms with Crippen LogP contribution in [0.2, 0.25) is 5.02 Å². The maximum absolute atomic E-state index is 15.5. The molecule has 0 amide bonds. The molecule has 222 valence electrons. The molecular formula is C32H35ClFN3O3S2. The molecule has 1 saturated heterocycles. The third-order valence-electron chi connectivity index (χ3n) is 7.64. The number of anilines is 1. The molecule has 0 saturated carbocycles. The van der Waals surface area contributed by atoms with E-state index in [1.54, 1.807) is 26.5 Å². The second kappa shape index (κ2) is 13.5. The number of hydrogen-bond acceptors (Lipinski definition) is 8. The van der Waals surface area contributed by atoms with Crippen LogP contribution < -0.4 is 18.5 Å². The summed E-state index contributed by atoms with van der Waals surface area (Å²) in [6.07, 6.45) is 3.38. The first-order chi connectivity index (χ1) is 20.3. The average molecular weight is 628 g/mol. The van der Waals surface area contributed by atoms with Crippen LogP contribution in [0.4, 0.5) is 9.52 Å². The minimum absolute atomic E-state index is 0.0300. The van der Waals surface area contributed by atoms with Crippen LogP contribution >= 0.6 is 34.9 Å². The Morgan fingerprint density at radius 3 is 2.48 bits per heavy atom. The molecule has 0 spiro atoms. The number of aromatic nitrogens is 1. The predicted octanol–water partition coefficient (Wildman–Crippen LogP) is 8.45. The monoisotopic (exact) mass is 627 g/mol. The molecule has 6 nitrogen and oxygen atoms in total. The van der Waals surface area contributed by atoms with Gasteiger partial charge in [0.15, 0.2) is 5.13 Å². The highest BCUT2D eigenvalue weighted by Gasteiger charge is 2.33. The lowest BCUT2D eigenvalue weighted by Gasteiger charge is -2.43. The number of thiazole rings is 1. The van der Waals surface area contributed by atoms with Crippen molar-refractivity contribution in [3.05, 3.63) is 94.2 Å². The number of ether oxygens (including phenoxy) is 3. The summed E-state index contributed by atoms with van der Waals surface area (Å²) in [5.74, 6) is 1.35. The lowest BCUT2D eigenvalue weighted by Crippen LogP contribution is -2.48. The molecule has 0 aliphatic carbocycles. The normalized spacial score (nSPS) is 14.5. The van der Waals surface area contributed by atoms with Crippen molar-refractivity contribution < 1.29 is 18.6 Å². The number of likely N-dealkylation sites (tertiary alicyclic amines) is 1. The lowest BCUT2D eigenvalue weighted by atomic mass is 9.90. The van der Waals surface area contributed by atoms with Gasteiger partial charge in [0.2, 0.25) is 0 Å². The topological polar surface area (TPSA) is 47.1 Å². The summed E-state index contributed by atoms with van der Waals surface area (Å²) in [7, 11) is 3.23. The van der Waals surface area contributed by atoms with Crippen molar-refractivity contribution in [3.63, 3.8) is 0 Å². The van der Waals surface area contributed by atoms with Crippen molar-refractivity contribution >= 4 is 40.0 Å². The molecule has 5 rings (SSSR count). The summed E-state index contributed by atoms with van der Waals surface area (Å²) < 4.78 is 34.6. The molecule has 1 fully saturated rings. The molecule has 10 heteroatoms. The van der Waals surface area contributed by atoms with Crippen LogP contribution in [-0.2, 0) is 12.1 Å². The van der Waals surface area contributed by atoms with Gasteiger partial charge in [-0.25, -0.2) is 9.37 Å². The highest BCUT2D eigenvalue weighted by atomic mass is 35.5. The van der Waals surface area contributed by atoms with E-state index >= 15 is 4.39 Å². The fourth-order valence-corrected chi connectivity index (χ4v) is 7.09. The number of rotatable bonds is 11. The summed E-state index contributed by atoms with van der Waals surface area (Å²) in [5, 5.41) is 3.01. The smallest absolute Gasteiger partial charge is 0.195 e. The molecular weight excluding hydrogens is 593 g/mol. The van der Waals surface area contributed by atoms with Gasteiger partial charge in [-0.3, -0.25) is 9.21 Å². The number of nitrogens with zero attached hydrogens (tertiary/aromatic N) is 3. The van der Waals surface area contributed by atoms with E-state index in [9.17, 15) is 0 Å². The minimum atomic E-state index is -0.398. The Morgan fingerprint density at radius 2 is 1.81 bits per heavy atom. The SMILES string of the molecule is COc1ccc(CN(Sc2cc(Cl)c(OC3CCN(C(C)(C)c4ccccc4)CC3)cc2F)c2nccs2)c(OC)c1. The van der Waals surface area contributed by atoms with E-state index in [4.69, 9.17) is 25.8 Å². The summed E-state index contributed by atoms with van der Waals surface area (Å²) in [6.45, 7) is 6.71. The molecule has 1 aliphatic rings. The zero-order valence-corrected chi connectivity index (χ0v) is 26.6. The Labute approximate surface area is 260 Å². The van der Waals surface area contributed by atoms with Crippen LogP contribution in [0.1, 0.15) is 37.8 Å². The molecule has 0 radical (unpaired) electrons. The first-order valence-electron chi connectivity index (χ1n) is 13.8. The van der Waals surface area contributed by atoms with Gasteiger partial charge >= 0.3 is 0 Å². The van der Waals surface area contributed by atoms with Gasteiger partial charge < -0.3 is 14.2 Å². The average Bonchev–Trinajstić information content (AvgIpc) is 3.55. The zero-order valence-electron chi connectivity index (χ0n) is 24.2. The van der Waals surface area contributed by atoms with Crippen LogP contribution in [0.3, 0.4) is 0 Å². The third kappa shape index (κ3) is 6.97. The largest absolute Gasteiger partial charge is 0.497 e.